The van der Waals surface area contributed by atoms with E-state index in [0.717, 1.165) is 12.5 Å². The summed E-state index contributed by atoms with van der Waals surface area (Å²) in [7, 11) is 2.03. The fourth-order valence-electron chi connectivity index (χ4n) is 2.49. The van der Waals surface area contributed by atoms with Crippen LogP contribution in [0.2, 0.25) is 0 Å². The van der Waals surface area contributed by atoms with Crippen molar-refractivity contribution in [1.82, 2.24) is 15.1 Å². The number of nitrogens with one attached hydrogen (secondary N) is 1. The molecule has 3 nitrogen and oxygen atoms in total. The first-order valence-electron chi connectivity index (χ1n) is 7.24. The number of aryl methyl sites for hydroxylation is 2. The standard InChI is InChI=1S/C15H29N3/c1-7-9-16-14(10-11(3)8-2)15-12(4)17-18(6)13(15)5/h11,14,16H,7-10H2,1-6H3. The highest BCUT2D eigenvalue weighted by molar-refractivity contribution is 5.28. The Hall–Kier alpha value is -0.830. The van der Waals surface area contributed by atoms with Crippen LogP contribution >= 0.6 is 0 Å². The quantitative estimate of drug-likeness (QED) is 0.803. The molecule has 0 saturated heterocycles. The van der Waals surface area contributed by atoms with Gasteiger partial charge in [-0.3, -0.25) is 4.68 Å². The van der Waals surface area contributed by atoms with Gasteiger partial charge in [-0.15, -0.1) is 0 Å². The minimum absolute atomic E-state index is 0.452. The molecule has 0 radical (unpaired) electrons. The molecular formula is C15H29N3. The maximum absolute atomic E-state index is 4.55. The van der Waals surface area contributed by atoms with Crippen molar-refractivity contribution in [2.24, 2.45) is 13.0 Å². The zero-order chi connectivity index (χ0) is 13.7. The first kappa shape index (κ1) is 15.2. The zero-order valence-electron chi connectivity index (χ0n) is 12.9. The lowest BCUT2D eigenvalue weighted by Gasteiger charge is -2.22. The Balaban J connectivity index is 2.93. The third-order valence-electron chi connectivity index (χ3n) is 3.89. The minimum Gasteiger partial charge on any atom is -0.310 e. The Morgan fingerprint density at radius 1 is 1.28 bits per heavy atom. The summed E-state index contributed by atoms with van der Waals surface area (Å²) in [5.41, 5.74) is 3.88. The lowest BCUT2D eigenvalue weighted by molar-refractivity contribution is 0.400. The van der Waals surface area contributed by atoms with Crippen molar-refractivity contribution in [3.63, 3.8) is 0 Å². The van der Waals surface area contributed by atoms with Crippen LogP contribution < -0.4 is 5.32 Å². The highest BCUT2D eigenvalue weighted by Crippen LogP contribution is 2.27. The molecule has 0 aliphatic rings. The van der Waals surface area contributed by atoms with Crippen molar-refractivity contribution in [3.05, 3.63) is 17.0 Å². The molecule has 2 atom stereocenters. The average Bonchev–Trinajstić information content (AvgIpc) is 2.59. The second-order valence-corrected chi connectivity index (χ2v) is 5.46. The van der Waals surface area contributed by atoms with Crippen molar-refractivity contribution >= 4 is 0 Å². The molecule has 0 aromatic carbocycles. The van der Waals surface area contributed by atoms with Gasteiger partial charge in [0, 0.05) is 24.3 Å². The van der Waals surface area contributed by atoms with Gasteiger partial charge in [0.15, 0.2) is 0 Å². The van der Waals surface area contributed by atoms with Crippen molar-refractivity contribution in [2.45, 2.75) is 59.9 Å². The molecule has 1 aromatic rings. The van der Waals surface area contributed by atoms with Gasteiger partial charge in [0.2, 0.25) is 0 Å². The Labute approximate surface area is 112 Å². The predicted octanol–water partition coefficient (Wildman–Crippen LogP) is 3.51. The Kier molecular flexibility index (Phi) is 5.86. The van der Waals surface area contributed by atoms with Gasteiger partial charge in [0.25, 0.3) is 0 Å². The summed E-state index contributed by atoms with van der Waals surface area (Å²) in [6.45, 7) is 12.2. The van der Waals surface area contributed by atoms with Crippen LogP contribution in [-0.2, 0) is 7.05 Å². The van der Waals surface area contributed by atoms with Crippen molar-refractivity contribution < 1.29 is 0 Å². The van der Waals surface area contributed by atoms with Crippen molar-refractivity contribution in [2.75, 3.05) is 6.54 Å². The van der Waals surface area contributed by atoms with Crippen molar-refractivity contribution in [1.29, 1.82) is 0 Å². The maximum atomic E-state index is 4.55. The monoisotopic (exact) mass is 251 g/mol. The molecule has 0 bridgehead atoms. The summed E-state index contributed by atoms with van der Waals surface area (Å²) in [5.74, 6) is 0.748. The van der Waals surface area contributed by atoms with E-state index in [1.807, 2.05) is 11.7 Å². The maximum Gasteiger partial charge on any atom is 0.0644 e. The van der Waals surface area contributed by atoms with Crippen LogP contribution in [0.15, 0.2) is 0 Å². The molecule has 0 fully saturated rings. The molecule has 18 heavy (non-hydrogen) atoms. The van der Waals surface area contributed by atoms with Gasteiger partial charge in [-0.25, -0.2) is 0 Å². The number of hydrogen-bond acceptors (Lipinski definition) is 2. The number of rotatable bonds is 7. The van der Waals surface area contributed by atoms with Crippen LogP contribution in [0.25, 0.3) is 0 Å². The SMILES string of the molecule is CCCNC(CC(C)CC)c1c(C)nn(C)c1C. The van der Waals surface area contributed by atoms with Crippen LogP contribution in [0.5, 0.6) is 0 Å². The summed E-state index contributed by atoms with van der Waals surface area (Å²) >= 11 is 0. The fourth-order valence-corrected chi connectivity index (χ4v) is 2.49. The average molecular weight is 251 g/mol. The van der Waals surface area contributed by atoms with Gasteiger partial charge < -0.3 is 5.32 Å². The lowest BCUT2D eigenvalue weighted by Crippen LogP contribution is -2.25. The molecule has 1 N–H and O–H groups in total. The van der Waals surface area contributed by atoms with Crippen LogP contribution in [0.3, 0.4) is 0 Å². The highest BCUT2D eigenvalue weighted by Gasteiger charge is 2.21. The van der Waals surface area contributed by atoms with E-state index in [0.29, 0.717) is 6.04 Å². The third-order valence-corrected chi connectivity index (χ3v) is 3.89. The molecule has 1 rings (SSSR count). The zero-order valence-corrected chi connectivity index (χ0v) is 12.9. The lowest BCUT2D eigenvalue weighted by atomic mass is 9.93. The summed E-state index contributed by atoms with van der Waals surface area (Å²) in [5, 5.41) is 8.24. The molecule has 1 aromatic heterocycles. The van der Waals surface area contributed by atoms with E-state index < -0.39 is 0 Å². The fraction of sp³-hybridized carbons (Fsp3) is 0.800. The summed E-state index contributed by atoms with van der Waals surface area (Å²) in [6, 6.07) is 0.452. The highest BCUT2D eigenvalue weighted by atomic mass is 15.3. The first-order chi connectivity index (χ1) is 8.51. The van der Waals surface area contributed by atoms with E-state index in [9.17, 15) is 0 Å². The molecule has 2 unspecified atom stereocenters. The molecule has 0 spiro atoms. The largest absolute Gasteiger partial charge is 0.310 e. The van der Waals surface area contributed by atoms with E-state index in [1.165, 1.54) is 36.2 Å². The predicted molar refractivity (Wildman–Crippen MR) is 77.8 cm³/mol. The Bertz CT molecular complexity index is 368. The molecule has 0 aliphatic heterocycles. The molecule has 104 valence electrons. The molecular weight excluding hydrogens is 222 g/mol. The second kappa shape index (κ2) is 6.93. The van der Waals surface area contributed by atoms with Crippen LogP contribution in [0, 0.1) is 19.8 Å². The Morgan fingerprint density at radius 2 is 1.94 bits per heavy atom. The van der Waals surface area contributed by atoms with E-state index in [4.69, 9.17) is 0 Å². The minimum atomic E-state index is 0.452. The van der Waals surface area contributed by atoms with Crippen LogP contribution in [0.1, 0.15) is 63.0 Å². The van der Waals surface area contributed by atoms with E-state index >= 15 is 0 Å². The third kappa shape index (κ3) is 3.58. The van der Waals surface area contributed by atoms with Gasteiger partial charge in [-0.2, -0.15) is 5.10 Å². The summed E-state index contributed by atoms with van der Waals surface area (Å²) < 4.78 is 2.00. The smallest absolute Gasteiger partial charge is 0.0644 e. The normalized spacial score (nSPS) is 14.8. The van der Waals surface area contributed by atoms with Crippen LogP contribution in [-0.4, -0.2) is 16.3 Å². The molecule has 0 amide bonds. The topological polar surface area (TPSA) is 29.9 Å². The van der Waals surface area contributed by atoms with Gasteiger partial charge in [-0.05, 0) is 39.2 Å². The van der Waals surface area contributed by atoms with Crippen molar-refractivity contribution in [3.8, 4) is 0 Å². The molecule has 1 heterocycles. The van der Waals surface area contributed by atoms with Crippen LogP contribution in [0.4, 0.5) is 0 Å². The first-order valence-corrected chi connectivity index (χ1v) is 7.24. The number of hydrogen-bond donors (Lipinski definition) is 1. The van der Waals surface area contributed by atoms with E-state index in [1.54, 1.807) is 0 Å². The second-order valence-electron chi connectivity index (χ2n) is 5.46. The van der Waals surface area contributed by atoms with E-state index in [2.05, 4.69) is 45.0 Å². The van der Waals surface area contributed by atoms with Gasteiger partial charge >= 0.3 is 0 Å². The van der Waals surface area contributed by atoms with Gasteiger partial charge in [0.05, 0.1) is 5.69 Å². The molecule has 0 saturated carbocycles. The van der Waals surface area contributed by atoms with E-state index in [-0.39, 0.29) is 0 Å². The summed E-state index contributed by atoms with van der Waals surface area (Å²) in [6.07, 6.45) is 3.61. The van der Waals surface area contributed by atoms with Gasteiger partial charge in [-0.1, -0.05) is 27.2 Å². The number of aromatic nitrogens is 2. The molecule has 3 heteroatoms. The summed E-state index contributed by atoms with van der Waals surface area (Å²) in [4.78, 5) is 0. The molecule has 0 aliphatic carbocycles. The number of nitrogens with zero attached hydrogens (tertiary/aromatic N) is 2. The van der Waals surface area contributed by atoms with Gasteiger partial charge in [0.1, 0.15) is 0 Å². The Morgan fingerprint density at radius 3 is 2.39 bits per heavy atom.